The second-order valence-corrected chi connectivity index (χ2v) is 5.16. The Bertz CT molecular complexity index is 380. The van der Waals surface area contributed by atoms with Gasteiger partial charge in [-0.1, -0.05) is 26.0 Å². The van der Waals surface area contributed by atoms with E-state index in [4.69, 9.17) is 9.31 Å². The first-order valence-electron chi connectivity index (χ1n) is 5.51. The molecule has 1 aliphatic heterocycles. The van der Waals surface area contributed by atoms with E-state index in [0.717, 1.165) is 11.0 Å². The standard InChI is InChI=1S/C12H17BO3/c1-9-6-10(4-5-11(9)14)13-15-7-12(2,3)8-16-13/h4-6,14H,7-8H2,1-3H3. The molecular formula is C12H17BO3. The van der Waals surface area contributed by atoms with Crippen molar-refractivity contribution < 1.29 is 14.4 Å². The Kier molecular flexibility index (Phi) is 2.95. The lowest BCUT2D eigenvalue weighted by Gasteiger charge is -2.33. The molecule has 16 heavy (non-hydrogen) atoms. The number of hydrogen-bond donors (Lipinski definition) is 1. The van der Waals surface area contributed by atoms with Crippen molar-refractivity contribution in [2.24, 2.45) is 5.41 Å². The SMILES string of the molecule is Cc1cc(B2OCC(C)(C)CO2)ccc1O. The maximum atomic E-state index is 9.44. The highest BCUT2D eigenvalue weighted by molar-refractivity contribution is 6.61. The molecule has 0 atom stereocenters. The van der Waals surface area contributed by atoms with Gasteiger partial charge in [0.1, 0.15) is 5.75 Å². The molecule has 0 spiro atoms. The summed E-state index contributed by atoms with van der Waals surface area (Å²) in [6.45, 7) is 7.48. The van der Waals surface area contributed by atoms with Gasteiger partial charge in [0, 0.05) is 18.6 Å². The van der Waals surface area contributed by atoms with Gasteiger partial charge in [0.05, 0.1) is 0 Å². The van der Waals surface area contributed by atoms with Crippen molar-refractivity contribution in [2.45, 2.75) is 20.8 Å². The van der Waals surface area contributed by atoms with E-state index in [1.807, 2.05) is 19.1 Å². The molecule has 1 saturated heterocycles. The number of benzene rings is 1. The zero-order chi connectivity index (χ0) is 11.8. The van der Waals surface area contributed by atoms with Crippen LogP contribution in [0.5, 0.6) is 5.75 Å². The van der Waals surface area contributed by atoms with Crippen LogP contribution in [0.2, 0.25) is 0 Å². The van der Waals surface area contributed by atoms with E-state index in [-0.39, 0.29) is 12.5 Å². The van der Waals surface area contributed by atoms with Crippen molar-refractivity contribution >= 4 is 12.6 Å². The molecule has 4 heteroatoms. The van der Waals surface area contributed by atoms with E-state index in [1.165, 1.54) is 0 Å². The summed E-state index contributed by atoms with van der Waals surface area (Å²) in [5, 5.41) is 9.44. The molecule has 1 fully saturated rings. The van der Waals surface area contributed by atoms with Crippen LogP contribution in [0.3, 0.4) is 0 Å². The molecule has 0 aromatic heterocycles. The minimum Gasteiger partial charge on any atom is -0.508 e. The summed E-state index contributed by atoms with van der Waals surface area (Å²) in [6, 6.07) is 5.42. The molecule has 0 saturated carbocycles. The molecule has 0 aliphatic carbocycles. The van der Waals surface area contributed by atoms with Crippen LogP contribution in [0.1, 0.15) is 19.4 Å². The molecule has 1 aliphatic rings. The largest absolute Gasteiger partial charge is 0.508 e. The minimum absolute atomic E-state index is 0.0858. The normalized spacial score (nSPS) is 19.8. The van der Waals surface area contributed by atoms with Crippen LogP contribution in [0.25, 0.3) is 0 Å². The number of aryl methyl sites for hydroxylation is 1. The van der Waals surface area contributed by atoms with Crippen molar-refractivity contribution in [3.05, 3.63) is 23.8 Å². The molecule has 0 unspecified atom stereocenters. The Morgan fingerprint density at radius 2 is 1.88 bits per heavy atom. The van der Waals surface area contributed by atoms with Crippen molar-refractivity contribution in [3.63, 3.8) is 0 Å². The van der Waals surface area contributed by atoms with Crippen molar-refractivity contribution in [1.82, 2.24) is 0 Å². The van der Waals surface area contributed by atoms with Gasteiger partial charge >= 0.3 is 7.12 Å². The molecular weight excluding hydrogens is 203 g/mol. The van der Waals surface area contributed by atoms with Crippen molar-refractivity contribution in [2.75, 3.05) is 13.2 Å². The van der Waals surface area contributed by atoms with Crippen LogP contribution < -0.4 is 5.46 Å². The monoisotopic (exact) mass is 220 g/mol. The van der Waals surface area contributed by atoms with Gasteiger partial charge in [0.15, 0.2) is 0 Å². The maximum absolute atomic E-state index is 9.44. The van der Waals surface area contributed by atoms with Gasteiger partial charge in [-0.15, -0.1) is 0 Å². The second-order valence-electron chi connectivity index (χ2n) is 5.16. The first kappa shape index (κ1) is 11.5. The van der Waals surface area contributed by atoms with Gasteiger partial charge < -0.3 is 14.4 Å². The fraction of sp³-hybridized carbons (Fsp3) is 0.500. The maximum Gasteiger partial charge on any atom is 0.493 e. The van der Waals surface area contributed by atoms with E-state index < -0.39 is 0 Å². The Labute approximate surface area is 96.5 Å². The summed E-state index contributed by atoms with van der Waals surface area (Å²) < 4.78 is 11.3. The Balaban J connectivity index is 2.11. The van der Waals surface area contributed by atoms with Gasteiger partial charge in [0.25, 0.3) is 0 Å². The molecule has 0 amide bonds. The predicted molar refractivity (Wildman–Crippen MR) is 63.9 cm³/mol. The molecule has 86 valence electrons. The van der Waals surface area contributed by atoms with Crippen LogP contribution >= 0.6 is 0 Å². The number of phenols is 1. The van der Waals surface area contributed by atoms with Crippen LogP contribution in [0.15, 0.2) is 18.2 Å². The molecule has 2 rings (SSSR count). The zero-order valence-corrected chi connectivity index (χ0v) is 9.99. The van der Waals surface area contributed by atoms with Gasteiger partial charge in [0.2, 0.25) is 0 Å². The van der Waals surface area contributed by atoms with E-state index in [9.17, 15) is 5.11 Å². The number of aromatic hydroxyl groups is 1. The number of rotatable bonds is 1. The molecule has 1 aromatic carbocycles. The van der Waals surface area contributed by atoms with Crippen LogP contribution in [-0.4, -0.2) is 25.4 Å². The topological polar surface area (TPSA) is 38.7 Å². The highest BCUT2D eigenvalue weighted by Gasteiger charge is 2.33. The minimum atomic E-state index is -0.299. The highest BCUT2D eigenvalue weighted by Crippen LogP contribution is 2.22. The molecule has 0 bridgehead atoms. The average Bonchev–Trinajstić information content (AvgIpc) is 2.22. The Morgan fingerprint density at radius 1 is 1.25 bits per heavy atom. The molecule has 3 nitrogen and oxygen atoms in total. The Morgan fingerprint density at radius 3 is 2.44 bits per heavy atom. The molecule has 0 radical (unpaired) electrons. The van der Waals surface area contributed by atoms with Crippen molar-refractivity contribution in [3.8, 4) is 5.75 Å². The van der Waals surface area contributed by atoms with E-state index in [1.54, 1.807) is 6.07 Å². The average molecular weight is 220 g/mol. The fourth-order valence-electron chi connectivity index (χ4n) is 1.71. The van der Waals surface area contributed by atoms with Crippen LogP contribution in [0, 0.1) is 12.3 Å². The number of hydrogen-bond acceptors (Lipinski definition) is 3. The molecule has 1 N–H and O–H groups in total. The third-order valence-corrected chi connectivity index (χ3v) is 2.74. The summed E-state index contributed by atoms with van der Waals surface area (Å²) in [4.78, 5) is 0. The molecule has 1 heterocycles. The van der Waals surface area contributed by atoms with E-state index >= 15 is 0 Å². The highest BCUT2D eigenvalue weighted by atomic mass is 16.6. The van der Waals surface area contributed by atoms with Crippen LogP contribution in [0.4, 0.5) is 0 Å². The second kappa shape index (κ2) is 4.11. The summed E-state index contributed by atoms with van der Waals surface area (Å²) in [7, 11) is -0.299. The third kappa shape index (κ3) is 2.39. The Hall–Kier alpha value is -0.995. The van der Waals surface area contributed by atoms with Crippen LogP contribution in [-0.2, 0) is 9.31 Å². The summed E-state index contributed by atoms with van der Waals surface area (Å²) in [6.07, 6.45) is 0. The number of phenolic OH excluding ortho intramolecular Hbond substituents is 1. The lowest BCUT2D eigenvalue weighted by Crippen LogP contribution is -2.47. The summed E-state index contributed by atoms with van der Waals surface area (Å²) in [5.74, 6) is 0.305. The first-order chi connectivity index (χ1) is 7.48. The first-order valence-corrected chi connectivity index (χ1v) is 5.51. The van der Waals surface area contributed by atoms with E-state index in [2.05, 4.69) is 13.8 Å². The lowest BCUT2D eigenvalue weighted by molar-refractivity contribution is 0.0343. The zero-order valence-electron chi connectivity index (χ0n) is 9.99. The van der Waals surface area contributed by atoms with Gasteiger partial charge in [-0.2, -0.15) is 0 Å². The fourth-order valence-corrected chi connectivity index (χ4v) is 1.71. The van der Waals surface area contributed by atoms with Gasteiger partial charge in [-0.3, -0.25) is 0 Å². The predicted octanol–water partition coefficient (Wildman–Crippen LogP) is 1.47. The van der Waals surface area contributed by atoms with Gasteiger partial charge in [-0.25, -0.2) is 0 Å². The summed E-state index contributed by atoms with van der Waals surface area (Å²) in [5.41, 5.74) is 1.89. The third-order valence-electron chi connectivity index (χ3n) is 2.74. The quantitative estimate of drug-likeness (QED) is 0.728. The molecule has 1 aromatic rings. The van der Waals surface area contributed by atoms with Crippen molar-refractivity contribution in [1.29, 1.82) is 0 Å². The van der Waals surface area contributed by atoms with E-state index in [0.29, 0.717) is 19.0 Å². The smallest absolute Gasteiger partial charge is 0.493 e. The summed E-state index contributed by atoms with van der Waals surface area (Å²) >= 11 is 0. The lowest BCUT2D eigenvalue weighted by atomic mass is 9.75. The van der Waals surface area contributed by atoms with Gasteiger partial charge in [-0.05, 0) is 24.0 Å².